The van der Waals surface area contributed by atoms with E-state index in [1.807, 2.05) is 65.0 Å². The van der Waals surface area contributed by atoms with Gasteiger partial charge >= 0.3 is 0 Å². The fraction of sp³-hybridized carbons (Fsp3) is 0.250. The molecule has 4 aromatic rings. The lowest BCUT2D eigenvalue weighted by Gasteiger charge is -2.33. The molecule has 0 spiro atoms. The number of piperidine rings is 1. The molecular formula is C28H30N6O2. The predicted molar refractivity (Wildman–Crippen MR) is 142 cm³/mol. The number of carbonyl (C=O) groups is 1. The molecule has 0 saturated carbocycles. The molecule has 1 amide bonds. The Balaban J connectivity index is 1.29. The smallest absolute Gasteiger partial charge is 0.254 e. The van der Waals surface area contributed by atoms with Gasteiger partial charge in [-0.25, -0.2) is 9.97 Å². The third-order valence-corrected chi connectivity index (χ3v) is 6.59. The summed E-state index contributed by atoms with van der Waals surface area (Å²) in [6, 6.07) is 17.2. The second kappa shape index (κ2) is 10.1. The molecule has 1 unspecified atom stereocenters. The molecule has 1 saturated heterocycles. The number of carbonyl (C=O) groups excluding carboxylic acids is 1. The highest BCUT2D eigenvalue weighted by Gasteiger charge is 2.26. The van der Waals surface area contributed by atoms with Crippen molar-refractivity contribution >= 4 is 28.3 Å². The van der Waals surface area contributed by atoms with E-state index in [2.05, 4.69) is 21.9 Å². The normalized spacial score (nSPS) is 15.6. The van der Waals surface area contributed by atoms with Gasteiger partial charge in [-0.3, -0.25) is 9.36 Å². The second-order valence-electron chi connectivity index (χ2n) is 9.03. The quantitative estimate of drug-likeness (QED) is 0.407. The zero-order valence-electron chi connectivity index (χ0n) is 20.4. The third-order valence-electron chi connectivity index (χ3n) is 6.59. The molecule has 3 heterocycles. The lowest BCUT2D eigenvalue weighted by atomic mass is 9.98. The molecule has 0 radical (unpaired) electrons. The van der Waals surface area contributed by atoms with Crippen molar-refractivity contribution in [3.63, 3.8) is 0 Å². The number of benzene rings is 2. The molecule has 1 aliphatic heterocycles. The molecule has 2 aromatic carbocycles. The van der Waals surface area contributed by atoms with Crippen molar-refractivity contribution in [2.45, 2.75) is 12.8 Å². The summed E-state index contributed by atoms with van der Waals surface area (Å²) in [5, 5.41) is 3.14. The van der Waals surface area contributed by atoms with Crippen LogP contribution in [-0.4, -0.2) is 52.1 Å². The number of likely N-dealkylation sites (tertiary alicyclic amines) is 1. The van der Waals surface area contributed by atoms with Crippen LogP contribution in [0, 0.1) is 5.92 Å². The lowest BCUT2D eigenvalue weighted by Crippen LogP contribution is -2.41. The number of nitrogens with one attached hydrogen (secondary N) is 1. The largest absolute Gasteiger partial charge is 0.492 e. The van der Waals surface area contributed by atoms with Gasteiger partial charge in [-0.15, -0.1) is 0 Å². The van der Waals surface area contributed by atoms with E-state index in [1.165, 1.54) is 0 Å². The van der Waals surface area contributed by atoms with Gasteiger partial charge in [0.15, 0.2) is 0 Å². The highest BCUT2D eigenvalue weighted by atomic mass is 16.5. The molecular weight excluding hydrogens is 452 g/mol. The molecule has 3 N–H and O–H groups in total. The summed E-state index contributed by atoms with van der Waals surface area (Å²) in [7, 11) is 1.84. The van der Waals surface area contributed by atoms with E-state index in [-0.39, 0.29) is 11.8 Å². The van der Waals surface area contributed by atoms with Crippen LogP contribution in [0.2, 0.25) is 0 Å². The number of pyridine rings is 1. The summed E-state index contributed by atoms with van der Waals surface area (Å²) in [6.07, 6.45) is 5.34. The third kappa shape index (κ3) is 4.62. The Kier molecular flexibility index (Phi) is 6.58. The number of anilines is 1. The van der Waals surface area contributed by atoms with Gasteiger partial charge in [0, 0.05) is 49.2 Å². The average Bonchev–Trinajstić information content (AvgIpc) is 3.35. The molecule has 8 nitrogen and oxygen atoms in total. The molecule has 36 heavy (non-hydrogen) atoms. The summed E-state index contributed by atoms with van der Waals surface area (Å²) in [4.78, 5) is 24.3. The Hall–Kier alpha value is -4.33. The van der Waals surface area contributed by atoms with E-state index in [0.29, 0.717) is 36.0 Å². The first kappa shape index (κ1) is 23.4. The zero-order valence-corrected chi connectivity index (χ0v) is 20.4. The summed E-state index contributed by atoms with van der Waals surface area (Å²) in [5.74, 6) is 1.59. The van der Waals surface area contributed by atoms with Gasteiger partial charge in [0.2, 0.25) is 0 Å². The van der Waals surface area contributed by atoms with Crippen LogP contribution in [0.15, 0.2) is 73.7 Å². The number of amides is 1. The van der Waals surface area contributed by atoms with Gasteiger partial charge in [0.25, 0.3) is 5.91 Å². The van der Waals surface area contributed by atoms with Crippen molar-refractivity contribution in [1.82, 2.24) is 19.4 Å². The number of para-hydroxylation sites is 2. The van der Waals surface area contributed by atoms with E-state index < -0.39 is 0 Å². The molecule has 0 aliphatic carbocycles. The highest BCUT2D eigenvalue weighted by Crippen LogP contribution is 2.31. The van der Waals surface area contributed by atoms with Crippen LogP contribution < -0.4 is 15.8 Å². The zero-order chi connectivity index (χ0) is 25.1. The summed E-state index contributed by atoms with van der Waals surface area (Å²) in [6.45, 7) is 5.75. The van der Waals surface area contributed by atoms with Gasteiger partial charge in [0.1, 0.15) is 17.9 Å². The second-order valence-corrected chi connectivity index (χ2v) is 9.03. The fourth-order valence-corrected chi connectivity index (χ4v) is 4.79. The van der Waals surface area contributed by atoms with Gasteiger partial charge in [-0.05, 0) is 49.2 Å². The number of aromatic nitrogens is 3. The van der Waals surface area contributed by atoms with Gasteiger partial charge < -0.3 is 20.7 Å². The molecule has 184 valence electrons. The number of rotatable bonds is 7. The average molecular weight is 483 g/mol. The van der Waals surface area contributed by atoms with E-state index in [4.69, 9.17) is 10.5 Å². The molecule has 1 fully saturated rings. The number of imidazole rings is 1. The van der Waals surface area contributed by atoms with E-state index >= 15 is 0 Å². The minimum atomic E-state index is 0.000904. The molecule has 0 bridgehead atoms. The highest BCUT2D eigenvalue weighted by molar-refractivity contribution is 5.94. The number of fused-ring (bicyclic) bond motifs is 1. The van der Waals surface area contributed by atoms with Crippen LogP contribution in [0.5, 0.6) is 5.75 Å². The van der Waals surface area contributed by atoms with Crippen molar-refractivity contribution in [3.05, 3.63) is 84.8 Å². The van der Waals surface area contributed by atoms with Crippen LogP contribution in [0.1, 0.15) is 28.8 Å². The van der Waals surface area contributed by atoms with E-state index in [9.17, 15) is 4.79 Å². The first-order valence-corrected chi connectivity index (χ1v) is 12.1. The summed E-state index contributed by atoms with van der Waals surface area (Å²) in [5.41, 5.74) is 10.6. The van der Waals surface area contributed by atoms with Gasteiger partial charge in [0.05, 0.1) is 23.2 Å². The number of hydrogen-bond donors (Lipinski definition) is 2. The summed E-state index contributed by atoms with van der Waals surface area (Å²) >= 11 is 0. The molecule has 5 rings (SSSR count). The lowest BCUT2D eigenvalue weighted by molar-refractivity contribution is 0.0633. The maximum Gasteiger partial charge on any atom is 0.254 e. The number of nitrogens with two attached hydrogens (primary N) is 1. The van der Waals surface area contributed by atoms with Gasteiger partial charge in [-0.2, -0.15) is 0 Å². The van der Waals surface area contributed by atoms with Crippen LogP contribution in [0.25, 0.3) is 22.5 Å². The minimum absolute atomic E-state index is 0.000904. The molecule has 2 aromatic heterocycles. The van der Waals surface area contributed by atoms with Crippen LogP contribution in [0.3, 0.4) is 0 Å². The monoisotopic (exact) mass is 482 g/mol. The Morgan fingerprint density at radius 2 is 2.06 bits per heavy atom. The van der Waals surface area contributed by atoms with Crippen LogP contribution in [0.4, 0.5) is 5.69 Å². The minimum Gasteiger partial charge on any atom is -0.492 e. The number of hydrogen-bond acceptors (Lipinski definition) is 6. The fourth-order valence-electron chi connectivity index (χ4n) is 4.79. The summed E-state index contributed by atoms with van der Waals surface area (Å²) < 4.78 is 8.09. The van der Waals surface area contributed by atoms with E-state index in [0.717, 1.165) is 41.7 Å². The first-order valence-electron chi connectivity index (χ1n) is 12.1. The predicted octanol–water partition coefficient (Wildman–Crippen LogP) is 4.32. The topological polar surface area (TPSA) is 98.3 Å². The Bertz CT molecular complexity index is 1410. The maximum absolute atomic E-state index is 13.4. The first-order chi connectivity index (χ1) is 17.5. The van der Waals surface area contributed by atoms with Crippen molar-refractivity contribution in [2.75, 3.05) is 32.1 Å². The van der Waals surface area contributed by atoms with Crippen molar-refractivity contribution in [3.8, 4) is 11.6 Å². The van der Waals surface area contributed by atoms with Crippen molar-refractivity contribution < 1.29 is 9.53 Å². The Labute approximate surface area is 210 Å². The number of nitrogens with zero attached hydrogens (tertiary/aromatic N) is 4. The van der Waals surface area contributed by atoms with Gasteiger partial charge in [-0.1, -0.05) is 24.8 Å². The molecule has 1 aliphatic rings. The van der Waals surface area contributed by atoms with Crippen LogP contribution >= 0.6 is 0 Å². The standard InChI is InChI=1S/C28H30N6O2/c1-19(29)27-23(30-2)9-5-11-25(27)36-17-20-7-6-14-33(16-20)28(35)21-12-13-31-26(15-21)34-18-32-22-8-3-4-10-24(22)34/h3-5,8-13,15,18,20,30H,1,6-7,14,16-17,29H2,2H3. The van der Waals surface area contributed by atoms with Crippen molar-refractivity contribution in [2.24, 2.45) is 11.7 Å². The Morgan fingerprint density at radius 1 is 1.19 bits per heavy atom. The van der Waals surface area contributed by atoms with Crippen molar-refractivity contribution in [1.29, 1.82) is 0 Å². The maximum atomic E-state index is 13.4. The molecule has 8 heteroatoms. The van der Waals surface area contributed by atoms with E-state index in [1.54, 1.807) is 18.6 Å². The number of ether oxygens (including phenoxy) is 1. The SMILES string of the molecule is C=C(N)c1c(NC)cccc1OCC1CCCN(C(=O)c2ccnc(-n3cnc4ccccc43)c2)C1. The Morgan fingerprint density at radius 3 is 2.89 bits per heavy atom. The van der Waals surface area contributed by atoms with Crippen LogP contribution in [-0.2, 0) is 0 Å². The molecule has 1 atom stereocenters.